The maximum absolute atomic E-state index is 10.7. The van der Waals surface area contributed by atoms with Gasteiger partial charge in [-0.2, -0.15) is 0 Å². The highest BCUT2D eigenvalue weighted by atomic mass is 79.9. The Morgan fingerprint density at radius 1 is 1.35 bits per heavy atom. The predicted molar refractivity (Wildman–Crippen MR) is 79.7 cm³/mol. The first-order valence-electron chi connectivity index (χ1n) is 6.95. The fraction of sp³-hybridized carbons (Fsp3) is 0.533. The lowest BCUT2D eigenvalue weighted by Crippen LogP contribution is -2.03. The van der Waals surface area contributed by atoms with E-state index in [9.17, 15) is 4.79 Å². The van der Waals surface area contributed by atoms with Crippen molar-refractivity contribution >= 4 is 21.9 Å². The molecule has 1 N–H and O–H groups in total. The molecule has 0 radical (unpaired) electrons. The van der Waals surface area contributed by atoms with Crippen LogP contribution in [0.5, 0.6) is 11.5 Å². The van der Waals surface area contributed by atoms with Crippen LogP contribution in [-0.2, 0) is 17.6 Å². The molecular formula is C15H19BrO4. The standard InChI is InChI=1S/C15H19BrO4/c1-2-10-11(5-3-6-14(17)18)12(16)9-13-15(10)20-8-4-7-19-13/h9H,2-8H2,1H3,(H,17,18). The summed E-state index contributed by atoms with van der Waals surface area (Å²) >= 11 is 3.58. The lowest BCUT2D eigenvalue weighted by Gasteiger charge is -2.17. The number of hydrogen-bond donors (Lipinski definition) is 1. The topological polar surface area (TPSA) is 55.8 Å². The number of rotatable bonds is 5. The van der Waals surface area contributed by atoms with Gasteiger partial charge in [-0.25, -0.2) is 0 Å². The Hall–Kier alpha value is -1.23. The van der Waals surface area contributed by atoms with E-state index >= 15 is 0 Å². The van der Waals surface area contributed by atoms with Gasteiger partial charge in [0.1, 0.15) is 0 Å². The van der Waals surface area contributed by atoms with Crippen LogP contribution in [0.3, 0.4) is 0 Å². The van der Waals surface area contributed by atoms with Gasteiger partial charge < -0.3 is 14.6 Å². The van der Waals surface area contributed by atoms with Crippen LogP contribution in [0, 0.1) is 0 Å². The number of aliphatic carboxylic acids is 1. The average molecular weight is 343 g/mol. The summed E-state index contributed by atoms with van der Waals surface area (Å²) < 4.78 is 12.5. The van der Waals surface area contributed by atoms with E-state index in [4.69, 9.17) is 14.6 Å². The molecule has 0 atom stereocenters. The molecule has 1 aliphatic heterocycles. The van der Waals surface area contributed by atoms with Crippen molar-refractivity contribution in [2.45, 2.75) is 39.0 Å². The summed E-state index contributed by atoms with van der Waals surface area (Å²) in [7, 11) is 0. The Bertz CT molecular complexity index is 499. The van der Waals surface area contributed by atoms with Crippen LogP contribution in [-0.4, -0.2) is 24.3 Å². The summed E-state index contributed by atoms with van der Waals surface area (Å²) in [5.74, 6) is 0.861. The van der Waals surface area contributed by atoms with Crippen LogP contribution in [0.25, 0.3) is 0 Å². The zero-order chi connectivity index (χ0) is 14.5. The molecule has 0 aliphatic carbocycles. The smallest absolute Gasteiger partial charge is 0.303 e. The first-order chi connectivity index (χ1) is 9.63. The molecule has 0 amide bonds. The molecule has 4 nitrogen and oxygen atoms in total. The largest absolute Gasteiger partial charge is 0.490 e. The van der Waals surface area contributed by atoms with Crippen molar-refractivity contribution in [2.24, 2.45) is 0 Å². The van der Waals surface area contributed by atoms with E-state index in [1.54, 1.807) is 0 Å². The summed E-state index contributed by atoms with van der Waals surface area (Å²) in [6.45, 7) is 3.41. The van der Waals surface area contributed by atoms with E-state index in [1.807, 2.05) is 6.07 Å². The van der Waals surface area contributed by atoms with Crippen molar-refractivity contribution in [1.82, 2.24) is 0 Å². The molecule has 0 fully saturated rings. The van der Waals surface area contributed by atoms with Crippen LogP contribution < -0.4 is 9.47 Å². The first kappa shape index (κ1) is 15.2. The number of fused-ring (bicyclic) bond motifs is 1. The summed E-state index contributed by atoms with van der Waals surface area (Å²) in [6.07, 6.45) is 3.26. The summed E-state index contributed by atoms with van der Waals surface area (Å²) in [6, 6.07) is 1.94. The minimum absolute atomic E-state index is 0.185. The second kappa shape index (κ2) is 6.97. The molecule has 0 spiro atoms. The van der Waals surface area contributed by atoms with Gasteiger partial charge in [0, 0.05) is 22.9 Å². The van der Waals surface area contributed by atoms with Gasteiger partial charge in [-0.1, -0.05) is 22.9 Å². The molecule has 1 heterocycles. The quantitative estimate of drug-likeness (QED) is 0.888. The molecule has 0 saturated heterocycles. The van der Waals surface area contributed by atoms with Gasteiger partial charge >= 0.3 is 5.97 Å². The van der Waals surface area contributed by atoms with E-state index in [0.717, 1.165) is 46.4 Å². The van der Waals surface area contributed by atoms with Crippen LogP contribution in [0.4, 0.5) is 0 Å². The zero-order valence-electron chi connectivity index (χ0n) is 11.6. The Kier molecular flexibility index (Phi) is 5.29. The molecule has 0 saturated carbocycles. The number of hydrogen-bond acceptors (Lipinski definition) is 3. The molecule has 20 heavy (non-hydrogen) atoms. The molecule has 1 aromatic rings. The number of carboxylic acid groups (broad SMARTS) is 1. The summed E-state index contributed by atoms with van der Waals surface area (Å²) in [5, 5.41) is 8.76. The van der Waals surface area contributed by atoms with Gasteiger partial charge in [0.15, 0.2) is 11.5 Å². The molecule has 2 rings (SSSR count). The molecule has 0 aromatic heterocycles. The number of ether oxygens (including phenoxy) is 2. The van der Waals surface area contributed by atoms with Gasteiger partial charge in [0.25, 0.3) is 0 Å². The lowest BCUT2D eigenvalue weighted by molar-refractivity contribution is -0.137. The van der Waals surface area contributed by atoms with Crippen molar-refractivity contribution in [1.29, 1.82) is 0 Å². The number of carboxylic acids is 1. The fourth-order valence-corrected chi connectivity index (χ4v) is 3.08. The molecule has 5 heteroatoms. The summed E-state index contributed by atoms with van der Waals surface area (Å²) in [5.41, 5.74) is 2.26. The van der Waals surface area contributed by atoms with E-state index in [0.29, 0.717) is 19.6 Å². The third-order valence-electron chi connectivity index (χ3n) is 3.37. The van der Waals surface area contributed by atoms with E-state index in [-0.39, 0.29) is 6.42 Å². The predicted octanol–water partition coefficient (Wildman–Crippen LogP) is 3.58. The van der Waals surface area contributed by atoms with Crippen molar-refractivity contribution < 1.29 is 19.4 Å². The molecule has 0 unspecified atom stereocenters. The SMILES string of the molecule is CCc1c(CCCC(=O)O)c(Br)cc2c1OCCCO2. The monoisotopic (exact) mass is 342 g/mol. The average Bonchev–Trinajstić information content (AvgIpc) is 2.63. The van der Waals surface area contributed by atoms with Crippen molar-refractivity contribution in [2.75, 3.05) is 13.2 Å². The maximum Gasteiger partial charge on any atom is 0.303 e. The normalized spacial score (nSPS) is 13.9. The minimum Gasteiger partial charge on any atom is -0.490 e. The Morgan fingerprint density at radius 3 is 2.80 bits per heavy atom. The van der Waals surface area contributed by atoms with Crippen LogP contribution in [0.15, 0.2) is 10.5 Å². The molecule has 1 aromatic carbocycles. The third kappa shape index (κ3) is 3.45. The Balaban J connectivity index is 2.30. The molecular weight excluding hydrogens is 324 g/mol. The van der Waals surface area contributed by atoms with Gasteiger partial charge in [-0.15, -0.1) is 0 Å². The van der Waals surface area contributed by atoms with Crippen LogP contribution in [0.2, 0.25) is 0 Å². The van der Waals surface area contributed by atoms with Gasteiger partial charge in [0.05, 0.1) is 13.2 Å². The second-order valence-corrected chi connectivity index (χ2v) is 5.65. The number of carbonyl (C=O) groups is 1. The first-order valence-corrected chi connectivity index (χ1v) is 7.74. The van der Waals surface area contributed by atoms with Gasteiger partial charge in [-0.3, -0.25) is 4.79 Å². The van der Waals surface area contributed by atoms with E-state index < -0.39 is 5.97 Å². The van der Waals surface area contributed by atoms with Crippen molar-refractivity contribution in [3.63, 3.8) is 0 Å². The maximum atomic E-state index is 10.7. The van der Waals surface area contributed by atoms with Gasteiger partial charge in [-0.05, 0) is 30.9 Å². The number of benzene rings is 1. The van der Waals surface area contributed by atoms with Crippen LogP contribution in [0.1, 0.15) is 37.3 Å². The van der Waals surface area contributed by atoms with Crippen molar-refractivity contribution in [3.05, 3.63) is 21.7 Å². The molecule has 1 aliphatic rings. The lowest BCUT2D eigenvalue weighted by atomic mass is 9.98. The molecule has 0 bridgehead atoms. The Morgan fingerprint density at radius 2 is 2.10 bits per heavy atom. The van der Waals surface area contributed by atoms with Crippen LogP contribution >= 0.6 is 15.9 Å². The highest BCUT2D eigenvalue weighted by Gasteiger charge is 2.20. The van der Waals surface area contributed by atoms with E-state index in [2.05, 4.69) is 22.9 Å². The van der Waals surface area contributed by atoms with Crippen molar-refractivity contribution in [3.8, 4) is 11.5 Å². The molecule has 110 valence electrons. The van der Waals surface area contributed by atoms with Gasteiger partial charge in [0.2, 0.25) is 0 Å². The second-order valence-electron chi connectivity index (χ2n) is 4.79. The summed E-state index contributed by atoms with van der Waals surface area (Å²) in [4.78, 5) is 10.7. The highest BCUT2D eigenvalue weighted by Crippen LogP contribution is 2.40. The Labute approximate surface area is 127 Å². The fourth-order valence-electron chi connectivity index (χ4n) is 2.44. The number of halogens is 1. The van der Waals surface area contributed by atoms with E-state index in [1.165, 1.54) is 0 Å². The highest BCUT2D eigenvalue weighted by molar-refractivity contribution is 9.10. The minimum atomic E-state index is -0.756. The third-order valence-corrected chi connectivity index (χ3v) is 4.08. The zero-order valence-corrected chi connectivity index (χ0v) is 13.2.